The summed E-state index contributed by atoms with van der Waals surface area (Å²) in [6, 6.07) is 3.35. The normalized spacial score (nSPS) is 10.4. The first-order valence-electron chi connectivity index (χ1n) is 5.67. The number of aromatic nitrogens is 3. The Morgan fingerprint density at radius 1 is 1.33 bits per heavy atom. The van der Waals surface area contributed by atoms with Crippen LogP contribution in [-0.2, 0) is 14.1 Å². The standard InChI is InChI=1S/C12H10FN3O5/c1-15-10(17)9(14-16(2)12(15)20)21-7-5-3-4-6(13)8(7)11(18)19/h3-5H,1-2H3,(H,18,19). The zero-order valence-corrected chi connectivity index (χ0v) is 11.0. The van der Waals surface area contributed by atoms with Gasteiger partial charge in [0.1, 0.15) is 17.1 Å². The highest BCUT2D eigenvalue weighted by Gasteiger charge is 2.20. The van der Waals surface area contributed by atoms with Crippen LogP contribution >= 0.6 is 0 Å². The number of benzene rings is 1. The number of carbonyl (C=O) groups is 1. The molecule has 0 unspecified atom stereocenters. The Kier molecular flexibility index (Phi) is 3.57. The Morgan fingerprint density at radius 2 is 2.00 bits per heavy atom. The average Bonchev–Trinajstić information content (AvgIpc) is 2.42. The van der Waals surface area contributed by atoms with Crippen LogP contribution in [-0.4, -0.2) is 25.4 Å². The molecule has 0 saturated carbocycles. The molecule has 0 amide bonds. The maximum atomic E-state index is 13.5. The quantitative estimate of drug-likeness (QED) is 0.862. The molecule has 0 atom stereocenters. The summed E-state index contributed by atoms with van der Waals surface area (Å²) in [5.74, 6) is -3.48. The predicted octanol–water partition coefficient (Wildman–Crippen LogP) is 0.109. The highest BCUT2D eigenvalue weighted by atomic mass is 19.1. The number of rotatable bonds is 3. The van der Waals surface area contributed by atoms with Crippen LogP contribution in [0.3, 0.4) is 0 Å². The van der Waals surface area contributed by atoms with E-state index in [0.29, 0.717) is 0 Å². The van der Waals surface area contributed by atoms with Gasteiger partial charge in [-0.25, -0.2) is 18.7 Å². The summed E-state index contributed by atoms with van der Waals surface area (Å²) in [5, 5.41) is 12.6. The fraction of sp³-hybridized carbons (Fsp3) is 0.167. The number of halogens is 1. The van der Waals surface area contributed by atoms with E-state index in [1.807, 2.05) is 0 Å². The number of hydrogen-bond donors (Lipinski definition) is 1. The van der Waals surface area contributed by atoms with E-state index < -0.39 is 34.5 Å². The first-order chi connectivity index (χ1) is 9.82. The molecule has 0 aliphatic heterocycles. The molecule has 2 aromatic rings. The molecule has 0 aliphatic carbocycles. The lowest BCUT2D eigenvalue weighted by molar-refractivity contribution is 0.0688. The van der Waals surface area contributed by atoms with Crippen molar-refractivity contribution in [2.24, 2.45) is 14.1 Å². The van der Waals surface area contributed by atoms with Crippen molar-refractivity contribution in [3.05, 3.63) is 50.4 Å². The van der Waals surface area contributed by atoms with Crippen LogP contribution in [0.15, 0.2) is 27.8 Å². The second-order valence-electron chi connectivity index (χ2n) is 4.10. The van der Waals surface area contributed by atoms with Crippen LogP contribution in [0.5, 0.6) is 11.6 Å². The second-order valence-corrected chi connectivity index (χ2v) is 4.10. The van der Waals surface area contributed by atoms with Crippen molar-refractivity contribution >= 4 is 5.97 Å². The summed E-state index contributed by atoms with van der Waals surface area (Å²) < 4.78 is 20.2. The Morgan fingerprint density at radius 3 is 2.62 bits per heavy atom. The van der Waals surface area contributed by atoms with Crippen molar-refractivity contribution < 1.29 is 19.0 Å². The topological polar surface area (TPSA) is 103 Å². The molecule has 0 spiro atoms. The molecule has 1 heterocycles. The third-order valence-corrected chi connectivity index (χ3v) is 2.69. The van der Waals surface area contributed by atoms with E-state index >= 15 is 0 Å². The van der Waals surface area contributed by atoms with Gasteiger partial charge < -0.3 is 9.84 Å². The van der Waals surface area contributed by atoms with E-state index in [4.69, 9.17) is 9.84 Å². The molecular weight excluding hydrogens is 285 g/mol. The zero-order chi connectivity index (χ0) is 15.7. The first-order valence-corrected chi connectivity index (χ1v) is 5.67. The van der Waals surface area contributed by atoms with Gasteiger partial charge in [0.15, 0.2) is 0 Å². The molecule has 1 aromatic heterocycles. The Hall–Kier alpha value is -2.97. The van der Waals surface area contributed by atoms with Crippen molar-refractivity contribution in [3.63, 3.8) is 0 Å². The first kappa shape index (κ1) is 14.4. The van der Waals surface area contributed by atoms with Gasteiger partial charge in [0, 0.05) is 14.1 Å². The molecule has 1 N–H and O–H groups in total. The number of hydrogen-bond acceptors (Lipinski definition) is 5. The van der Waals surface area contributed by atoms with Crippen molar-refractivity contribution in [3.8, 4) is 11.6 Å². The SMILES string of the molecule is Cn1nc(Oc2cccc(F)c2C(=O)O)c(=O)n(C)c1=O. The number of carboxylic acid groups (broad SMARTS) is 1. The van der Waals surface area contributed by atoms with Crippen molar-refractivity contribution in [1.82, 2.24) is 14.3 Å². The molecule has 0 saturated heterocycles. The monoisotopic (exact) mass is 295 g/mol. The summed E-state index contributed by atoms with van der Waals surface area (Å²) in [6.45, 7) is 0. The van der Waals surface area contributed by atoms with Crippen molar-refractivity contribution in [2.75, 3.05) is 0 Å². The van der Waals surface area contributed by atoms with E-state index in [1.165, 1.54) is 26.2 Å². The maximum absolute atomic E-state index is 13.5. The van der Waals surface area contributed by atoms with Crippen molar-refractivity contribution in [2.45, 2.75) is 0 Å². The van der Waals surface area contributed by atoms with Crippen LogP contribution in [0, 0.1) is 5.82 Å². The smallest absolute Gasteiger partial charge is 0.347 e. The molecule has 0 radical (unpaired) electrons. The third-order valence-electron chi connectivity index (χ3n) is 2.69. The summed E-state index contributed by atoms with van der Waals surface area (Å²) in [6.07, 6.45) is 0. The molecule has 110 valence electrons. The van der Waals surface area contributed by atoms with Gasteiger partial charge >= 0.3 is 23.1 Å². The molecule has 8 nitrogen and oxygen atoms in total. The fourth-order valence-electron chi connectivity index (χ4n) is 1.63. The van der Waals surface area contributed by atoms with Crippen LogP contribution in [0.4, 0.5) is 4.39 Å². The highest BCUT2D eigenvalue weighted by Crippen LogP contribution is 2.24. The Labute approximate surface area is 116 Å². The molecule has 0 fully saturated rings. The van der Waals surface area contributed by atoms with Gasteiger partial charge in [0.25, 0.3) is 0 Å². The summed E-state index contributed by atoms with van der Waals surface area (Å²) >= 11 is 0. The van der Waals surface area contributed by atoms with Gasteiger partial charge in [-0.3, -0.25) is 9.36 Å². The summed E-state index contributed by atoms with van der Waals surface area (Å²) in [5.41, 5.74) is -2.26. The number of ether oxygens (including phenoxy) is 1. The predicted molar refractivity (Wildman–Crippen MR) is 68.2 cm³/mol. The van der Waals surface area contributed by atoms with Crippen LogP contribution in [0.2, 0.25) is 0 Å². The number of aryl methyl sites for hydroxylation is 1. The average molecular weight is 295 g/mol. The van der Waals surface area contributed by atoms with Gasteiger partial charge in [-0.05, 0) is 12.1 Å². The van der Waals surface area contributed by atoms with Gasteiger partial charge in [-0.15, -0.1) is 5.10 Å². The van der Waals surface area contributed by atoms with Gasteiger partial charge in [0.2, 0.25) is 0 Å². The number of nitrogens with zero attached hydrogens (tertiary/aromatic N) is 3. The minimum Gasteiger partial charge on any atom is -0.477 e. The molecule has 21 heavy (non-hydrogen) atoms. The number of aromatic carboxylic acids is 1. The third kappa shape index (κ3) is 2.53. The summed E-state index contributed by atoms with van der Waals surface area (Å²) in [7, 11) is 2.50. The second kappa shape index (κ2) is 5.19. The molecular formula is C12H10FN3O5. The molecule has 0 aliphatic rings. The van der Waals surface area contributed by atoms with E-state index in [1.54, 1.807) is 0 Å². The van der Waals surface area contributed by atoms with E-state index in [9.17, 15) is 18.8 Å². The van der Waals surface area contributed by atoms with Gasteiger partial charge in [-0.1, -0.05) is 6.07 Å². The fourth-order valence-corrected chi connectivity index (χ4v) is 1.63. The Balaban J connectivity index is 2.60. The van der Waals surface area contributed by atoms with E-state index in [0.717, 1.165) is 15.3 Å². The lowest BCUT2D eigenvalue weighted by Gasteiger charge is -2.09. The molecule has 2 rings (SSSR count). The van der Waals surface area contributed by atoms with Crippen molar-refractivity contribution in [1.29, 1.82) is 0 Å². The molecule has 9 heteroatoms. The lowest BCUT2D eigenvalue weighted by atomic mass is 10.2. The molecule has 0 bridgehead atoms. The van der Waals surface area contributed by atoms with Crippen LogP contribution in [0.1, 0.15) is 10.4 Å². The van der Waals surface area contributed by atoms with Crippen LogP contribution < -0.4 is 16.0 Å². The Bertz CT molecular complexity index is 840. The van der Waals surface area contributed by atoms with E-state index in [-0.39, 0.29) is 5.75 Å². The maximum Gasteiger partial charge on any atom is 0.347 e. The van der Waals surface area contributed by atoms with Gasteiger partial charge in [0.05, 0.1) is 0 Å². The van der Waals surface area contributed by atoms with E-state index in [2.05, 4.69) is 5.10 Å². The van der Waals surface area contributed by atoms with Crippen LogP contribution in [0.25, 0.3) is 0 Å². The lowest BCUT2D eigenvalue weighted by Crippen LogP contribution is -2.38. The highest BCUT2D eigenvalue weighted by molar-refractivity contribution is 5.91. The zero-order valence-electron chi connectivity index (χ0n) is 11.0. The minimum atomic E-state index is -1.55. The summed E-state index contributed by atoms with van der Waals surface area (Å²) in [4.78, 5) is 34.3. The van der Waals surface area contributed by atoms with Gasteiger partial charge in [-0.2, -0.15) is 0 Å². The molecule has 1 aromatic carbocycles. The minimum absolute atomic E-state index is 0.384. The number of carboxylic acids is 1. The largest absolute Gasteiger partial charge is 0.477 e.